The summed E-state index contributed by atoms with van der Waals surface area (Å²) in [7, 11) is 0. The molecule has 0 aliphatic heterocycles. The molecule has 0 amide bonds. The zero-order chi connectivity index (χ0) is 10.8. The Labute approximate surface area is 113 Å². The van der Waals surface area contributed by atoms with Gasteiger partial charge in [0.05, 0.1) is 6.42 Å². The van der Waals surface area contributed by atoms with E-state index in [4.69, 9.17) is 5.11 Å². The number of hydrogen-bond acceptors (Lipinski definition) is 2. The van der Waals surface area contributed by atoms with E-state index in [1.807, 2.05) is 18.2 Å². The zero-order valence-corrected chi connectivity index (χ0v) is 9.36. The van der Waals surface area contributed by atoms with Crippen molar-refractivity contribution in [1.29, 1.82) is 0 Å². The third-order valence-electron chi connectivity index (χ3n) is 2.15. The van der Waals surface area contributed by atoms with Crippen molar-refractivity contribution in [3.8, 4) is 0 Å². The molecule has 1 heterocycles. The summed E-state index contributed by atoms with van der Waals surface area (Å²) in [6.45, 7) is 0. The molecule has 0 atom stereocenters. The van der Waals surface area contributed by atoms with Crippen molar-refractivity contribution in [3.63, 3.8) is 0 Å². The topological polar surface area (TPSA) is 50.2 Å². The van der Waals surface area contributed by atoms with Crippen LogP contribution in [0.5, 0.6) is 0 Å². The Bertz CT molecular complexity index is 530. The van der Waals surface area contributed by atoms with E-state index in [1.54, 1.807) is 12.4 Å². The van der Waals surface area contributed by atoms with E-state index in [0.717, 1.165) is 20.8 Å². The first-order valence-corrected chi connectivity index (χ1v) is 5.20. The van der Waals surface area contributed by atoms with Crippen molar-refractivity contribution < 1.29 is 9.90 Å². The Morgan fingerprint density at radius 3 is 2.81 bits per heavy atom. The molecule has 0 aliphatic rings. The standard InChI is InChI=1S/C11H8BrNO2.Li.H/c12-9-2-1-7-5-13-6-8(3-11(14)15)10(7)4-9;;/h1-2,4-6H,3H2,(H,14,15);;. The van der Waals surface area contributed by atoms with Gasteiger partial charge in [-0.3, -0.25) is 9.78 Å². The quantitative estimate of drug-likeness (QED) is 0.852. The van der Waals surface area contributed by atoms with E-state index >= 15 is 0 Å². The van der Waals surface area contributed by atoms with Crippen molar-refractivity contribution in [1.82, 2.24) is 4.98 Å². The second kappa shape index (κ2) is 5.49. The number of aliphatic carboxylic acids is 1. The molecule has 1 aromatic heterocycles. The van der Waals surface area contributed by atoms with Crippen molar-refractivity contribution in [3.05, 3.63) is 40.6 Å². The Balaban J connectivity index is 0.00000128. The van der Waals surface area contributed by atoms with Crippen molar-refractivity contribution in [2.24, 2.45) is 0 Å². The van der Waals surface area contributed by atoms with Crippen molar-refractivity contribution in [2.45, 2.75) is 6.42 Å². The summed E-state index contributed by atoms with van der Waals surface area (Å²) < 4.78 is 0.938. The Hall–Kier alpha value is -0.823. The summed E-state index contributed by atoms with van der Waals surface area (Å²) in [6.07, 6.45) is 3.33. The average molecular weight is 274 g/mol. The van der Waals surface area contributed by atoms with Crippen LogP contribution in [0.4, 0.5) is 0 Å². The summed E-state index contributed by atoms with van der Waals surface area (Å²) in [4.78, 5) is 14.7. The fraction of sp³-hybridized carbons (Fsp3) is 0.0909. The number of fused-ring (bicyclic) bond motifs is 1. The molecule has 0 fully saturated rings. The number of hydrogen-bond donors (Lipinski definition) is 1. The fourth-order valence-electron chi connectivity index (χ4n) is 1.50. The normalized spacial score (nSPS) is 9.81. The maximum absolute atomic E-state index is 10.7. The van der Waals surface area contributed by atoms with E-state index in [-0.39, 0.29) is 25.3 Å². The van der Waals surface area contributed by atoms with Crippen LogP contribution in [-0.4, -0.2) is 34.9 Å². The van der Waals surface area contributed by atoms with Gasteiger partial charge in [0.2, 0.25) is 0 Å². The van der Waals surface area contributed by atoms with E-state index in [0.29, 0.717) is 0 Å². The van der Waals surface area contributed by atoms with Gasteiger partial charge in [0.25, 0.3) is 0 Å². The van der Waals surface area contributed by atoms with Crippen LogP contribution in [0.15, 0.2) is 35.1 Å². The Morgan fingerprint density at radius 2 is 2.12 bits per heavy atom. The SMILES string of the molecule is O=C(O)Cc1cncc2ccc(Br)cc12.[LiH]. The minimum absolute atomic E-state index is 0. The molecule has 2 aromatic rings. The number of benzene rings is 1. The summed E-state index contributed by atoms with van der Waals surface area (Å²) in [6, 6.07) is 5.74. The molecule has 0 aliphatic carbocycles. The number of pyridine rings is 1. The molecule has 3 nitrogen and oxygen atoms in total. The third-order valence-corrected chi connectivity index (χ3v) is 2.64. The zero-order valence-electron chi connectivity index (χ0n) is 7.77. The van der Waals surface area contributed by atoms with Crippen LogP contribution in [0.3, 0.4) is 0 Å². The molecule has 2 rings (SSSR count). The maximum atomic E-state index is 10.7. The van der Waals surface area contributed by atoms with Crippen LogP contribution in [0.2, 0.25) is 0 Å². The molecule has 1 aromatic carbocycles. The first-order chi connectivity index (χ1) is 7.16. The molecule has 0 bridgehead atoms. The van der Waals surface area contributed by atoms with E-state index in [2.05, 4.69) is 20.9 Å². The number of aromatic nitrogens is 1. The fourth-order valence-corrected chi connectivity index (χ4v) is 1.86. The molecule has 78 valence electrons. The number of carboxylic acids is 1. The van der Waals surface area contributed by atoms with Crippen molar-refractivity contribution in [2.75, 3.05) is 0 Å². The van der Waals surface area contributed by atoms with Crippen LogP contribution >= 0.6 is 15.9 Å². The summed E-state index contributed by atoms with van der Waals surface area (Å²) >= 11 is 3.36. The van der Waals surface area contributed by atoms with Gasteiger partial charge in [0.15, 0.2) is 0 Å². The van der Waals surface area contributed by atoms with Crippen LogP contribution in [-0.2, 0) is 11.2 Å². The predicted octanol–water partition coefficient (Wildman–Crippen LogP) is 1.98. The number of nitrogens with zero attached hydrogens (tertiary/aromatic N) is 1. The Kier molecular flexibility index (Phi) is 4.54. The van der Waals surface area contributed by atoms with E-state index < -0.39 is 5.97 Å². The van der Waals surface area contributed by atoms with Gasteiger partial charge in [-0.25, -0.2) is 0 Å². The van der Waals surface area contributed by atoms with Crippen LogP contribution in [0.1, 0.15) is 5.56 Å². The molecule has 0 saturated heterocycles. The monoisotopic (exact) mass is 273 g/mol. The number of carboxylic acid groups (broad SMARTS) is 1. The van der Waals surface area contributed by atoms with Crippen LogP contribution in [0.25, 0.3) is 10.8 Å². The van der Waals surface area contributed by atoms with Crippen molar-refractivity contribution >= 4 is 51.5 Å². The van der Waals surface area contributed by atoms with Crippen LogP contribution in [0, 0.1) is 0 Å². The summed E-state index contributed by atoms with van der Waals surface area (Å²) in [5.74, 6) is -0.843. The second-order valence-electron chi connectivity index (χ2n) is 3.23. The number of halogens is 1. The van der Waals surface area contributed by atoms with Gasteiger partial charge in [-0.2, -0.15) is 0 Å². The summed E-state index contributed by atoms with van der Waals surface area (Å²) in [5.41, 5.74) is 0.737. The van der Waals surface area contributed by atoms with E-state index in [9.17, 15) is 4.79 Å². The predicted molar refractivity (Wildman–Crippen MR) is 67.9 cm³/mol. The van der Waals surface area contributed by atoms with Crippen LogP contribution < -0.4 is 0 Å². The average Bonchev–Trinajstić information content (AvgIpc) is 2.18. The molecule has 0 unspecified atom stereocenters. The van der Waals surface area contributed by atoms with Gasteiger partial charge >= 0.3 is 24.8 Å². The van der Waals surface area contributed by atoms with Gasteiger partial charge in [-0.1, -0.05) is 22.0 Å². The molecular formula is C11H9BrLiNO2. The Morgan fingerprint density at radius 1 is 1.38 bits per heavy atom. The molecule has 1 N–H and O–H groups in total. The molecule has 5 heteroatoms. The minimum atomic E-state index is -0.843. The van der Waals surface area contributed by atoms with Gasteiger partial charge in [-0.15, -0.1) is 0 Å². The van der Waals surface area contributed by atoms with Gasteiger partial charge < -0.3 is 5.11 Å². The first-order valence-electron chi connectivity index (χ1n) is 4.41. The molecule has 0 radical (unpaired) electrons. The van der Waals surface area contributed by atoms with E-state index in [1.165, 1.54) is 0 Å². The van der Waals surface area contributed by atoms with Gasteiger partial charge in [-0.05, 0) is 23.1 Å². The van der Waals surface area contributed by atoms with Gasteiger partial charge in [0, 0.05) is 22.3 Å². The molecule has 0 saturated carbocycles. The molecular weight excluding hydrogens is 265 g/mol. The number of rotatable bonds is 2. The molecule has 0 spiro atoms. The number of carbonyl (C=O) groups is 1. The summed E-state index contributed by atoms with van der Waals surface area (Å²) in [5, 5.41) is 10.6. The second-order valence-corrected chi connectivity index (χ2v) is 4.15. The third kappa shape index (κ3) is 2.85. The van der Waals surface area contributed by atoms with Gasteiger partial charge in [0.1, 0.15) is 0 Å². The first kappa shape index (κ1) is 13.2. The molecule has 16 heavy (non-hydrogen) atoms.